The summed E-state index contributed by atoms with van der Waals surface area (Å²) in [7, 11) is 0. The molecule has 43 heavy (non-hydrogen) atoms. The monoisotopic (exact) mass is 581 g/mol. The smallest absolute Gasteiger partial charge is 0.0743 e. The van der Waals surface area contributed by atoms with Crippen molar-refractivity contribution in [2.75, 3.05) is 54.0 Å². The molecule has 7 nitrogen and oxygen atoms in total. The van der Waals surface area contributed by atoms with Gasteiger partial charge < -0.3 is 24.9 Å². The van der Waals surface area contributed by atoms with Gasteiger partial charge in [-0.2, -0.15) is 0 Å². The number of fused-ring (bicyclic) bond motifs is 2. The molecule has 2 heterocycles. The Balaban J connectivity index is 1.69. The highest BCUT2D eigenvalue weighted by Crippen LogP contribution is 2.53. The van der Waals surface area contributed by atoms with Crippen molar-refractivity contribution in [3.63, 3.8) is 0 Å². The fourth-order valence-electron chi connectivity index (χ4n) is 7.34. The van der Waals surface area contributed by atoms with Crippen LogP contribution < -0.4 is 24.9 Å². The molecule has 230 valence electrons. The summed E-state index contributed by atoms with van der Waals surface area (Å²) in [6, 6.07) is 12.2. The van der Waals surface area contributed by atoms with Crippen molar-refractivity contribution >= 4 is 38.9 Å². The molecule has 1 aliphatic rings. The summed E-state index contributed by atoms with van der Waals surface area (Å²) >= 11 is 0. The summed E-state index contributed by atoms with van der Waals surface area (Å²) in [5.41, 5.74) is 7.90. The number of hydrogen-bond donors (Lipinski definition) is 0. The van der Waals surface area contributed by atoms with Gasteiger partial charge in [-0.25, -0.2) is 0 Å². The number of pyridine rings is 2. The van der Waals surface area contributed by atoms with Gasteiger partial charge in [0.1, 0.15) is 0 Å². The summed E-state index contributed by atoms with van der Waals surface area (Å²) in [6.45, 7) is 19.9. The van der Waals surface area contributed by atoms with Crippen molar-refractivity contribution in [2.24, 2.45) is 0 Å². The minimum atomic E-state index is -1.05. The molecule has 0 amide bonds. The Morgan fingerprint density at radius 1 is 0.558 bits per heavy atom. The zero-order valence-electron chi connectivity index (χ0n) is 26.9. The maximum atomic E-state index is 14.4. The second-order valence-electron chi connectivity index (χ2n) is 11.4. The van der Waals surface area contributed by atoms with Crippen LogP contribution in [0.15, 0.2) is 48.8 Å². The first kappa shape index (κ1) is 31.0. The Morgan fingerprint density at radius 3 is 1.47 bits per heavy atom. The van der Waals surface area contributed by atoms with Gasteiger partial charge in [0.2, 0.25) is 0 Å². The second kappa shape index (κ2) is 13.1. The third kappa shape index (κ3) is 5.10. The molecule has 2 atom stereocenters. The molecule has 0 saturated heterocycles. The standard InChI is InChI=1S/C36H47N5O2/c1-8-23-19-21-37-26-17-15-24(33(29(23)26)40(11-4)12-5)30-35(42)31(36(30)43)25-16-18-27-32(34(25)41(13-6)14-7)28(20-22-38-27)39(9-2)10-3/h15-22,30-31,35-36H,8-14H2,1-7H3/q-2. The summed E-state index contributed by atoms with van der Waals surface area (Å²) < 4.78 is 0. The lowest BCUT2D eigenvalue weighted by atomic mass is 9.62. The van der Waals surface area contributed by atoms with Gasteiger partial charge in [-0.15, -0.1) is 12.2 Å². The van der Waals surface area contributed by atoms with Crippen LogP contribution in [0.25, 0.3) is 21.8 Å². The average Bonchev–Trinajstić information content (AvgIpc) is 3.04. The van der Waals surface area contributed by atoms with E-state index in [0.717, 1.165) is 95.7 Å². The fourth-order valence-corrected chi connectivity index (χ4v) is 7.34. The van der Waals surface area contributed by atoms with Crippen LogP contribution in [0.3, 0.4) is 0 Å². The molecule has 4 aromatic rings. The third-order valence-corrected chi connectivity index (χ3v) is 9.67. The number of benzene rings is 2. The fraction of sp³-hybridized carbons (Fsp3) is 0.500. The minimum Gasteiger partial charge on any atom is -0.851 e. The van der Waals surface area contributed by atoms with Crippen molar-refractivity contribution in [3.8, 4) is 0 Å². The molecule has 1 fully saturated rings. The van der Waals surface area contributed by atoms with Crippen molar-refractivity contribution in [2.45, 2.75) is 78.9 Å². The predicted molar refractivity (Wildman–Crippen MR) is 177 cm³/mol. The molecule has 1 aliphatic carbocycles. The van der Waals surface area contributed by atoms with E-state index in [4.69, 9.17) is 4.98 Å². The van der Waals surface area contributed by atoms with Crippen LogP contribution in [0.4, 0.5) is 17.1 Å². The lowest BCUT2D eigenvalue weighted by Crippen LogP contribution is -2.64. The molecule has 0 N–H and O–H groups in total. The molecule has 0 aliphatic heterocycles. The zero-order valence-corrected chi connectivity index (χ0v) is 26.9. The molecule has 0 bridgehead atoms. The number of anilines is 3. The summed E-state index contributed by atoms with van der Waals surface area (Å²) in [4.78, 5) is 16.3. The van der Waals surface area contributed by atoms with Crippen molar-refractivity contribution in [3.05, 3.63) is 65.5 Å². The molecule has 0 spiro atoms. The SMILES string of the molecule is CCc1ccnc2ccc(C3C([O-])C(c4ccc5nccc(N(CC)CC)c5c4N(CC)CC)C3[O-])c(N(CC)CC)c12. The Morgan fingerprint density at radius 2 is 1.00 bits per heavy atom. The van der Waals surface area contributed by atoms with Gasteiger partial charge in [0.25, 0.3) is 0 Å². The van der Waals surface area contributed by atoms with Gasteiger partial charge in [-0.3, -0.25) is 9.97 Å². The average molecular weight is 582 g/mol. The van der Waals surface area contributed by atoms with E-state index in [-0.39, 0.29) is 0 Å². The van der Waals surface area contributed by atoms with Crippen LogP contribution in [0.5, 0.6) is 0 Å². The molecule has 2 unspecified atom stereocenters. The molecular weight excluding hydrogens is 534 g/mol. The second-order valence-corrected chi connectivity index (χ2v) is 11.4. The van der Waals surface area contributed by atoms with E-state index < -0.39 is 24.0 Å². The van der Waals surface area contributed by atoms with Crippen molar-refractivity contribution in [1.29, 1.82) is 0 Å². The summed E-state index contributed by atoms with van der Waals surface area (Å²) in [6.07, 6.45) is 2.49. The van der Waals surface area contributed by atoms with Gasteiger partial charge in [-0.05, 0) is 101 Å². The molecule has 5 rings (SSSR count). The van der Waals surface area contributed by atoms with Crippen molar-refractivity contribution in [1.82, 2.24) is 9.97 Å². The van der Waals surface area contributed by atoms with E-state index in [0.29, 0.717) is 0 Å². The molecule has 0 radical (unpaired) electrons. The van der Waals surface area contributed by atoms with E-state index >= 15 is 0 Å². The number of nitrogens with zero attached hydrogens (tertiary/aromatic N) is 5. The maximum absolute atomic E-state index is 14.4. The summed E-state index contributed by atoms with van der Waals surface area (Å²) in [5.74, 6) is -1.25. The Bertz CT molecular complexity index is 1550. The van der Waals surface area contributed by atoms with Crippen LogP contribution in [-0.4, -0.2) is 61.4 Å². The van der Waals surface area contributed by atoms with E-state index in [2.05, 4.69) is 80.3 Å². The number of aromatic nitrogens is 2. The van der Waals surface area contributed by atoms with Crippen molar-refractivity contribution < 1.29 is 10.2 Å². The van der Waals surface area contributed by atoms with Crippen LogP contribution in [0.1, 0.15) is 77.0 Å². The molecule has 2 aromatic carbocycles. The van der Waals surface area contributed by atoms with Gasteiger partial charge >= 0.3 is 0 Å². The third-order valence-electron chi connectivity index (χ3n) is 9.67. The maximum Gasteiger partial charge on any atom is 0.0743 e. The Kier molecular flexibility index (Phi) is 9.42. The van der Waals surface area contributed by atoms with Gasteiger partial charge in [0.05, 0.1) is 16.7 Å². The molecular formula is C36H47N5O2-2. The Labute approximate surface area is 257 Å². The van der Waals surface area contributed by atoms with Crippen LogP contribution >= 0.6 is 0 Å². The molecule has 2 aromatic heterocycles. The first-order valence-corrected chi connectivity index (χ1v) is 16.3. The highest BCUT2D eigenvalue weighted by atomic mass is 16.3. The summed E-state index contributed by atoms with van der Waals surface area (Å²) in [5, 5.41) is 31.0. The topological polar surface area (TPSA) is 81.6 Å². The van der Waals surface area contributed by atoms with E-state index in [1.807, 2.05) is 36.7 Å². The Hall–Kier alpha value is -3.42. The number of rotatable bonds is 12. The van der Waals surface area contributed by atoms with Gasteiger partial charge in [0, 0.05) is 73.8 Å². The van der Waals surface area contributed by atoms with Gasteiger partial charge in [0.15, 0.2) is 0 Å². The number of hydrogen-bond acceptors (Lipinski definition) is 7. The quantitative estimate of drug-likeness (QED) is 0.227. The van der Waals surface area contributed by atoms with E-state index in [1.165, 1.54) is 5.56 Å². The first-order valence-electron chi connectivity index (χ1n) is 16.3. The predicted octanol–water partition coefficient (Wildman–Crippen LogP) is 5.22. The minimum absolute atomic E-state index is 0.619. The molecule has 1 saturated carbocycles. The normalized spacial score (nSPS) is 19.9. The van der Waals surface area contributed by atoms with E-state index in [1.54, 1.807) is 0 Å². The molecule has 7 heteroatoms. The highest BCUT2D eigenvalue weighted by molar-refractivity contribution is 6.03. The zero-order chi connectivity index (χ0) is 30.8. The van der Waals surface area contributed by atoms with E-state index in [9.17, 15) is 10.2 Å². The van der Waals surface area contributed by atoms with Crippen LogP contribution in [-0.2, 0) is 6.42 Å². The van der Waals surface area contributed by atoms with Gasteiger partial charge in [-0.1, -0.05) is 19.1 Å². The van der Waals surface area contributed by atoms with Crippen LogP contribution in [0, 0.1) is 0 Å². The highest BCUT2D eigenvalue weighted by Gasteiger charge is 2.42. The van der Waals surface area contributed by atoms with Crippen LogP contribution in [0.2, 0.25) is 0 Å². The largest absolute Gasteiger partial charge is 0.851 e. The first-order chi connectivity index (χ1) is 20.9. The lowest BCUT2D eigenvalue weighted by molar-refractivity contribution is -0.535. The lowest BCUT2D eigenvalue weighted by Gasteiger charge is -2.62. The number of aryl methyl sites for hydroxylation is 1.